The van der Waals surface area contributed by atoms with Gasteiger partial charge >= 0.3 is 35.9 Å². The van der Waals surface area contributed by atoms with Crippen molar-refractivity contribution in [3.05, 3.63) is 95.6 Å². The lowest BCUT2D eigenvalue weighted by molar-refractivity contribution is -0.156. The SMILES string of the molecule is CCOc1ccc(C[C@H](N)C(=O)N[C@H](CC(N)=O)C(=O)N[C@@H](CC(=O)O)C(=O)N[C@@H]2C(=O)NCC(=O)N[C@@H](CCCNC(=O)OCc3ccccc3)C(=O)N[C@@H](CC(=O)O)C(=O)N[C@H](C)C(=O)N[C@@H](CC(=O)O)C(=O)NCC(=O)N[C@H](CO)C(=O)N[C@@H]([C@H](C)CC(=O)O)C(=O)N[C@@H](CC(=O)c3ccccc3N)C(=O)O[C@@H]2C)cc1. The molecule has 0 radical (unpaired) electrons. The molecule has 14 amide bonds. The largest absolute Gasteiger partial charge is 0.494 e. The summed E-state index contributed by atoms with van der Waals surface area (Å²) in [6.45, 7) is 0.652. The summed E-state index contributed by atoms with van der Waals surface area (Å²) in [5, 5.41) is 77.4. The number of carboxylic acid groups (broad SMARTS) is 4. The standard InChI is InChI=1S/C70H92N16O28/c1-5-112-38-19-17-36(18-20-38)23-41(72)60(101)81-43(25-50(73)89)64(105)83-46(28-56(98)99)65(106)86-58-35(4)114-69(110)47(24-49(88)39-14-9-10-15-40(39)71)84-68(109)57(33(2)22-53(92)93)85-66(107)48(31-87)79-52(91)29-75-61(102)44(26-54(94)95)80-59(100)34(3)77-63(104)45(27-55(96)97)82-62(103)42(78-51(90)30-76-67(58)108)16-11-21-74-70(111)113-32-37-12-7-6-8-13-37/h6-10,12-15,17-20,33-35,41-48,57-58,87H,5,11,16,21-32,71-72H2,1-4H3,(H2,73,89)(H,74,111)(H,75,102)(H,76,108)(H,77,104)(H,78,90)(H,79,91)(H,80,100)(H,81,101)(H,82,103)(H,83,105)(H,84,109)(H,85,107)(H,86,106)(H,92,93)(H,94,95)(H,96,97)(H,98,99)/t33-,34-,35-,41+,42+,43-,44+,45+,46+,47+,48-,57+,58+/m1/s1. The quantitative estimate of drug-likeness (QED) is 0.0123. The van der Waals surface area contributed by atoms with Crippen LogP contribution in [0.5, 0.6) is 5.75 Å². The van der Waals surface area contributed by atoms with Gasteiger partial charge in [-0.25, -0.2) is 9.59 Å². The fraction of sp³-hybridized carbons (Fsp3) is 0.457. The number of benzene rings is 3. The maximum atomic E-state index is 14.8. The molecule has 1 aliphatic heterocycles. The molecular formula is C70H92N16O28. The van der Waals surface area contributed by atoms with E-state index in [4.69, 9.17) is 31.4 Å². The fourth-order valence-electron chi connectivity index (χ4n) is 10.7. The van der Waals surface area contributed by atoms with Gasteiger partial charge in [0.05, 0.1) is 64.4 Å². The Bertz CT molecular complexity index is 4020. The van der Waals surface area contributed by atoms with Crippen LogP contribution >= 0.6 is 0 Å². The summed E-state index contributed by atoms with van der Waals surface area (Å²) >= 11 is 0. The van der Waals surface area contributed by atoms with Crippen molar-refractivity contribution in [2.75, 3.05) is 38.6 Å². The number of rotatable bonds is 31. The molecule has 0 unspecified atom stereocenters. The third-order valence-electron chi connectivity index (χ3n) is 16.6. The molecule has 0 spiro atoms. The number of primary amides is 1. The van der Waals surface area contributed by atoms with E-state index in [1.54, 1.807) is 61.5 Å². The molecule has 114 heavy (non-hydrogen) atoms. The monoisotopic (exact) mass is 1600 g/mol. The van der Waals surface area contributed by atoms with E-state index in [0.29, 0.717) is 23.5 Å². The number of cyclic esters (lactones) is 1. The number of anilines is 1. The number of aliphatic hydroxyl groups excluding tert-OH is 1. The predicted octanol–water partition coefficient (Wildman–Crippen LogP) is -7.03. The number of carbonyl (C=O) groups excluding carboxylic acids is 16. The van der Waals surface area contributed by atoms with E-state index in [0.717, 1.165) is 20.8 Å². The Balaban J connectivity index is 1.89. The van der Waals surface area contributed by atoms with E-state index >= 15 is 0 Å². The number of nitrogens with two attached hydrogens (primary N) is 3. The van der Waals surface area contributed by atoms with Gasteiger partial charge in [-0.15, -0.1) is 0 Å². The molecule has 44 nitrogen and oxygen atoms in total. The van der Waals surface area contributed by atoms with E-state index in [9.17, 15) is 121 Å². The Morgan fingerprint density at radius 3 is 1.70 bits per heavy atom. The summed E-state index contributed by atoms with van der Waals surface area (Å²) in [5.41, 5.74) is 18.3. The number of ketones is 1. The second-order valence-electron chi connectivity index (χ2n) is 25.8. The molecule has 0 saturated carbocycles. The first kappa shape index (κ1) is 93.0. The zero-order valence-corrected chi connectivity index (χ0v) is 62.0. The number of esters is 1. The maximum Gasteiger partial charge on any atom is 0.407 e. The minimum absolute atomic E-state index is 0.168. The number of amides is 14. The molecular weight excluding hydrogens is 1510 g/mol. The number of nitrogen functional groups attached to an aromatic ring is 1. The van der Waals surface area contributed by atoms with Crippen molar-refractivity contribution in [2.45, 2.75) is 165 Å². The van der Waals surface area contributed by atoms with Crippen molar-refractivity contribution in [1.82, 2.24) is 69.1 Å². The zero-order valence-electron chi connectivity index (χ0n) is 62.0. The molecule has 0 bridgehead atoms. The lowest BCUT2D eigenvalue weighted by Gasteiger charge is -2.30. The molecule has 0 aliphatic carbocycles. The van der Waals surface area contributed by atoms with Crippen LogP contribution in [0.3, 0.4) is 0 Å². The van der Waals surface area contributed by atoms with Crippen molar-refractivity contribution in [3.63, 3.8) is 0 Å². The Morgan fingerprint density at radius 1 is 0.570 bits per heavy atom. The van der Waals surface area contributed by atoms with Gasteiger partial charge in [-0.05, 0) is 81.3 Å². The average molecular weight is 1610 g/mol. The molecule has 3 aromatic rings. The smallest absolute Gasteiger partial charge is 0.407 e. The fourth-order valence-corrected chi connectivity index (χ4v) is 10.7. The van der Waals surface area contributed by atoms with Crippen molar-refractivity contribution in [3.8, 4) is 5.75 Å². The number of aliphatic hydroxyl groups is 1. The minimum Gasteiger partial charge on any atom is -0.494 e. The van der Waals surface area contributed by atoms with Crippen LogP contribution in [-0.4, -0.2) is 249 Å². The lowest BCUT2D eigenvalue weighted by atomic mass is 9.96. The highest BCUT2D eigenvalue weighted by atomic mass is 16.6. The summed E-state index contributed by atoms with van der Waals surface area (Å²) in [7, 11) is 0. The van der Waals surface area contributed by atoms with Crippen LogP contribution in [0.25, 0.3) is 0 Å². The third-order valence-corrected chi connectivity index (χ3v) is 16.6. The molecule has 3 aromatic carbocycles. The summed E-state index contributed by atoms with van der Waals surface area (Å²) in [5.74, 6) is -29.1. The Labute approximate surface area is 648 Å². The Hall–Kier alpha value is -13.4. The molecule has 1 fully saturated rings. The van der Waals surface area contributed by atoms with Crippen molar-refractivity contribution in [2.24, 2.45) is 17.4 Å². The Morgan fingerprint density at radius 2 is 1.11 bits per heavy atom. The molecule has 0 aromatic heterocycles. The van der Waals surface area contributed by atoms with Crippen LogP contribution in [0.1, 0.15) is 101 Å². The van der Waals surface area contributed by atoms with Crippen molar-refractivity contribution in [1.29, 1.82) is 0 Å². The molecule has 13 atom stereocenters. The van der Waals surface area contributed by atoms with Gasteiger partial charge in [-0.2, -0.15) is 0 Å². The number of carbonyl (C=O) groups is 20. The predicted molar refractivity (Wildman–Crippen MR) is 389 cm³/mol. The third kappa shape index (κ3) is 32.3. The van der Waals surface area contributed by atoms with Crippen molar-refractivity contribution >= 4 is 124 Å². The van der Waals surface area contributed by atoms with Crippen LogP contribution in [0.15, 0.2) is 78.9 Å². The summed E-state index contributed by atoms with van der Waals surface area (Å²) in [6, 6.07) is -3.08. The number of para-hydroxylation sites is 1. The molecule has 620 valence electrons. The van der Waals surface area contributed by atoms with Crippen LogP contribution in [0.4, 0.5) is 10.5 Å². The van der Waals surface area contributed by atoms with E-state index in [1.807, 2.05) is 21.3 Å². The number of nitrogens with one attached hydrogen (secondary N) is 13. The number of hydrogen-bond donors (Lipinski definition) is 21. The lowest BCUT2D eigenvalue weighted by Crippen LogP contribution is -2.61. The highest BCUT2D eigenvalue weighted by molar-refractivity contribution is 6.05. The number of carboxylic acids is 4. The Kier molecular flexibility index (Phi) is 37.8. The van der Waals surface area contributed by atoms with Crippen LogP contribution < -0.4 is 91.1 Å². The highest BCUT2D eigenvalue weighted by Crippen LogP contribution is 2.19. The second kappa shape index (κ2) is 46.3. The topological polar surface area (TPSA) is 705 Å². The zero-order chi connectivity index (χ0) is 85.1. The van der Waals surface area contributed by atoms with E-state index in [2.05, 4.69) is 47.9 Å². The van der Waals surface area contributed by atoms with E-state index in [1.165, 1.54) is 24.3 Å². The van der Waals surface area contributed by atoms with Crippen molar-refractivity contribution < 1.29 is 136 Å². The van der Waals surface area contributed by atoms with E-state index in [-0.39, 0.29) is 37.2 Å². The van der Waals surface area contributed by atoms with Gasteiger partial charge in [0.15, 0.2) is 5.78 Å². The highest BCUT2D eigenvalue weighted by Gasteiger charge is 2.41. The van der Waals surface area contributed by atoms with E-state index < -0.39 is 262 Å². The minimum atomic E-state index is -2.47. The number of hydrogen-bond acceptors (Lipinski definition) is 26. The first-order valence-electron chi connectivity index (χ1n) is 35.1. The van der Waals surface area contributed by atoms with Gasteiger partial charge in [0, 0.05) is 24.2 Å². The molecule has 44 heteroatoms. The summed E-state index contributed by atoms with van der Waals surface area (Å²) in [6.07, 6.45) is -11.2. The first-order chi connectivity index (χ1) is 53.8. The summed E-state index contributed by atoms with van der Waals surface area (Å²) in [4.78, 5) is 271. The summed E-state index contributed by atoms with van der Waals surface area (Å²) < 4.78 is 16.3. The maximum absolute atomic E-state index is 14.8. The molecule has 24 N–H and O–H groups in total. The number of alkyl carbamates (subject to hydrolysis) is 1. The first-order valence-corrected chi connectivity index (χ1v) is 35.1. The molecule has 1 aliphatic rings. The normalized spacial score (nSPS) is 21.1. The van der Waals surface area contributed by atoms with Gasteiger partial charge < -0.3 is 126 Å². The van der Waals surface area contributed by atoms with Gasteiger partial charge in [-0.1, -0.05) is 61.5 Å². The average Bonchev–Trinajstić information content (AvgIpc) is 0.838. The van der Waals surface area contributed by atoms with Gasteiger partial charge in [-0.3, -0.25) is 86.3 Å². The number of aliphatic carboxylic acids is 4. The van der Waals surface area contributed by atoms with Crippen LogP contribution in [0.2, 0.25) is 0 Å². The van der Waals surface area contributed by atoms with Crippen LogP contribution in [-0.2, 0) is 109 Å². The van der Waals surface area contributed by atoms with Gasteiger partial charge in [0.1, 0.15) is 78.9 Å². The molecule has 1 heterocycles. The van der Waals surface area contributed by atoms with Gasteiger partial charge in [0.25, 0.3) is 0 Å². The number of ether oxygens (including phenoxy) is 3. The molecule has 1 saturated heterocycles. The second-order valence-corrected chi connectivity index (χ2v) is 25.8. The number of Topliss-reactive ketones (excluding diaryl/α,β-unsaturated/α-hetero) is 1. The van der Waals surface area contributed by atoms with Gasteiger partial charge in [0.2, 0.25) is 76.8 Å². The van der Waals surface area contributed by atoms with Crippen LogP contribution in [0, 0.1) is 5.92 Å². The molecule has 4 rings (SSSR count).